The molecule has 0 saturated carbocycles. The Balaban J connectivity index is 1.93. The van der Waals surface area contributed by atoms with Crippen molar-refractivity contribution in [2.24, 2.45) is 5.92 Å². The summed E-state index contributed by atoms with van der Waals surface area (Å²) in [7, 11) is 0. The average Bonchev–Trinajstić information content (AvgIpc) is 3.27. The van der Waals surface area contributed by atoms with Gasteiger partial charge >= 0.3 is 0 Å². The van der Waals surface area contributed by atoms with Crippen molar-refractivity contribution in [1.29, 1.82) is 0 Å². The highest BCUT2D eigenvalue weighted by atomic mass is 35.5. The topological polar surface area (TPSA) is 62.6 Å². The number of rotatable bonds is 8. The van der Waals surface area contributed by atoms with Gasteiger partial charge in [-0.3, -0.25) is 9.59 Å². The Bertz CT molecular complexity index is 954. The molecule has 1 N–H and O–H groups in total. The van der Waals surface area contributed by atoms with Crippen molar-refractivity contribution in [3.8, 4) is 0 Å². The Kier molecular flexibility index (Phi) is 7.31. The van der Waals surface area contributed by atoms with Crippen LogP contribution in [-0.2, 0) is 22.7 Å². The number of halogens is 1. The molecule has 3 rings (SSSR count). The summed E-state index contributed by atoms with van der Waals surface area (Å²) in [5, 5.41) is 3.53. The average molecular weight is 425 g/mol. The van der Waals surface area contributed by atoms with Crippen LogP contribution in [0.25, 0.3) is 0 Å². The van der Waals surface area contributed by atoms with Crippen LogP contribution >= 0.6 is 11.6 Å². The van der Waals surface area contributed by atoms with Crippen LogP contribution in [0, 0.1) is 5.92 Å². The van der Waals surface area contributed by atoms with E-state index < -0.39 is 6.04 Å². The van der Waals surface area contributed by atoms with Gasteiger partial charge in [-0.25, -0.2) is 0 Å². The standard InChI is InChI=1S/C24H25ClN2O3/c1-17(2)24(29)27(16-18-10-12-20(25)13-11-18)22(19-7-4-3-5-8-19)23(28)26-15-21-9-6-14-30-21/h3-14,17,22H,15-16H2,1-2H3,(H,26,28)/t22-/m0/s1. The van der Waals surface area contributed by atoms with E-state index in [0.29, 0.717) is 17.3 Å². The fourth-order valence-electron chi connectivity index (χ4n) is 3.21. The molecule has 0 aliphatic rings. The van der Waals surface area contributed by atoms with Crippen molar-refractivity contribution in [2.45, 2.75) is 33.0 Å². The Morgan fingerprint density at radius 3 is 2.30 bits per heavy atom. The van der Waals surface area contributed by atoms with E-state index in [1.165, 1.54) is 0 Å². The molecule has 2 aromatic carbocycles. The zero-order valence-corrected chi connectivity index (χ0v) is 17.8. The number of carbonyl (C=O) groups excluding carboxylic acids is 2. The maximum absolute atomic E-state index is 13.3. The molecule has 1 heterocycles. The van der Waals surface area contributed by atoms with Crippen LogP contribution in [0.5, 0.6) is 0 Å². The second kappa shape index (κ2) is 10.1. The van der Waals surface area contributed by atoms with Gasteiger partial charge < -0.3 is 14.6 Å². The predicted octanol–water partition coefficient (Wildman–Crippen LogP) is 4.98. The molecular weight excluding hydrogens is 400 g/mol. The molecule has 0 spiro atoms. The van der Waals surface area contributed by atoms with E-state index in [1.54, 1.807) is 35.4 Å². The molecular formula is C24H25ClN2O3. The Hall–Kier alpha value is -3.05. The zero-order chi connectivity index (χ0) is 21.5. The summed E-state index contributed by atoms with van der Waals surface area (Å²) < 4.78 is 5.31. The maximum Gasteiger partial charge on any atom is 0.247 e. The van der Waals surface area contributed by atoms with E-state index in [4.69, 9.17) is 16.0 Å². The Labute approximate surface area is 181 Å². The van der Waals surface area contributed by atoms with E-state index in [1.807, 2.05) is 56.3 Å². The summed E-state index contributed by atoms with van der Waals surface area (Å²) in [5.41, 5.74) is 1.64. The highest BCUT2D eigenvalue weighted by molar-refractivity contribution is 6.30. The first-order valence-corrected chi connectivity index (χ1v) is 10.2. The number of hydrogen-bond acceptors (Lipinski definition) is 3. The number of nitrogens with zero attached hydrogens (tertiary/aromatic N) is 1. The van der Waals surface area contributed by atoms with Crippen LogP contribution in [0.4, 0.5) is 0 Å². The first kappa shape index (κ1) is 21.7. The second-order valence-electron chi connectivity index (χ2n) is 7.36. The highest BCUT2D eigenvalue weighted by Crippen LogP contribution is 2.26. The summed E-state index contributed by atoms with van der Waals surface area (Å²) in [4.78, 5) is 28.1. The van der Waals surface area contributed by atoms with Crippen LogP contribution in [-0.4, -0.2) is 16.7 Å². The van der Waals surface area contributed by atoms with Crippen molar-refractivity contribution in [1.82, 2.24) is 10.2 Å². The van der Waals surface area contributed by atoms with Gasteiger partial charge in [0.15, 0.2) is 0 Å². The molecule has 156 valence electrons. The Morgan fingerprint density at radius 1 is 1.00 bits per heavy atom. The minimum absolute atomic E-state index is 0.105. The van der Waals surface area contributed by atoms with Crippen LogP contribution in [0.2, 0.25) is 5.02 Å². The predicted molar refractivity (Wildman–Crippen MR) is 117 cm³/mol. The lowest BCUT2D eigenvalue weighted by atomic mass is 10.0. The molecule has 0 aliphatic carbocycles. The molecule has 6 heteroatoms. The molecule has 1 atom stereocenters. The van der Waals surface area contributed by atoms with Crippen LogP contribution in [0.15, 0.2) is 77.4 Å². The molecule has 0 fully saturated rings. The lowest BCUT2D eigenvalue weighted by molar-refractivity contribution is -0.144. The highest BCUT2D eigenvalue weighted by Gasteiger charge is 2.32. The molecule has 5 nitrogen and oxygen atoms in total. The molecule has 0 unspecified atom stereocenters. The van der Waals surface area contributed by atoms with E-state index in [0.717, 1.165) is 11.1 Å². The number of carbonyl (C=O) groups is 2. The largest absolute Gasteiger partial charge is 0.467 e. The van der Waals surface area contributed by atoms with Gasteiger partial charge in [0.1, 0.15) is 11.8 Å². The van der Waals surface area contributed by atoms with Gasteiger partial charge in [-0.1, -0.05) is 67.9 Å². The monoisotopic (exact) mass is 424 g/mol. The van der Waals surface area contributed by atoms with Gasteiger partial charge in [-0.05, 0) is 35.4 Å². The van der Waals surface area contributed by atoms with Gasteiger partial charge in [-0.15, -0.1) is 0 Å². The first-order valence-electron chi connectivity index (χ1n) is 9.85. The molecule has 30 heavy (non-hydrogen) atoms. The minimum atomic E-state index is -0.772. The van der Waals surface area contributed by atoms with E-state index in [9.17, 15) is 9.59 Å². The SMILES string of the molecule is CC(C)C(=O)N(Cc1ccc(Cl)cc1)[C@H](C(=O)NCc1ccco1)c1ccccc1. The van der Waals surface area contributed by atoms with Crippen molar-refractivity contribution in [3.05, 3.63) is 94.9 Å². The second-order valence-corrected chi connectivity index (χ2v) is 7.79. The minimum Gasteiger partial charge on any atom is -0.467 e. The fraction of sp³-hybridized carbons (Fsp3) is 0.250. The molecule has 0 bridgehead atoms. The van der Waals surface area contributed by atoms with Gasteiger partial charge in [0.25, 0.3) is 0 Å². The van der Waals surface area contributed by atoms with Crippen molar-refractivity contribution in [2.75, 3.05) is 0 Å². The summed E-state index contributed by atoms with van der Waals surface area (Å²) in [6.45, 7) is 4.21. The van der Waals surface area contributed by atoms with Gasteiger partial charge in [0, 0.05) is 17.5 Å². The quantitative estimate of drug-likeness (QED) is 0.555. The fourth-order valence-corrected chi connectivity index (χ4v) is 3.33. The third-order valence-electron chi connectivity index (χ3n) is 4.74. The third kappa shape index (κ3) is 5.51. The molecule has 1 aromatic heterocycles. The van der Waals surface area contributed by atoms with Crippen molar-refractivity contribution < 1.29 is 14.0 Å². The Morgan fingerprint density at radius 2 is 1.70 bits per heavy atom. The van der Waals surface area contributed by atoms with Gasteiger partial charge in [-0.2, -0.15) is 0 Å². The summed E-state index contributed by atoms with van der Waals surface area (Å²) in [6, 6.07) is 19.4. The first-order chi connectivity index (χ1) is 14.5. The van der Waals surface area contributed by atoms with Crippen LogP contribution < -0.4 is 5.32 Å². The van der Waals surface area contributed by atoms with Gasteiger partial charge in [0.05, 0.1) is 12.8 Å². The van der Waals surface area contributed by atoms with E-state index in [-0.39, 0.29) is 24.3 Å². The number of amides is 2. The smallest absolute Gasteiger partial charge is 0.247 e. The maximum atomic E-state index is 13.3. The number of nitrogens with one attached hydrogen (secondary N) is 1. The van der Waals surface area contributed by atoms with Gasteiger partial charge in [0.2, 0.25) is 11.8 Å². The molecule has 2 amide bonds. The molecule has 0 radical (unpaired) electrons. The normalized spacial score (nSPS) is 11.9. The summed E-state index contributed by atoms with van der Waals surface area (Å²) in [6.07, 6.45) is 1.56. The van der Waals surface area contributed by atoms with E-state index >= 15 is 0 Å². The number of benzene rings is 2. The lowest BCUT2D eigenvalue weighted by Crippen LogP contribution is -2.44. The third-order valence-corrected chi connectivity index (χ3v) is 4.99. The summed E-state index contributed by atoms with van der Waals surface area (Å²) >= 11 is 6.01. The molecule has 3 aromatic rings. The van der Waals surface area contributed by atoms with Crippen molar-refractivity contribution in [3.63, 3.8) is 0 Å². The molecule has 0 saturated heterocycles. The number of furan rings is 1. The van der Waals surface area contributed by atoms with Crippen LogP contribution in [0.1, 0.15) is 36.8 Å². The lowest BCUT2D eigenvalue weighted by Gasteiger charge is -2.33. The summed E-state index contributed by atoms with van der Waals surface area (Å²) in [5.74, 6) is 0.0171. The zero-order valence-electron chi connectivity index (χ0n) is 17.0. The molecule has 0 aliphatic heterocycles. The number of hydrogen-bond donors (Lipinski definition) is 1. The van der Waals surface area contributed by atoms with E-state index in [2.05, 4.69) is 5.32 Å². The van der Waals surface area contributed by atoms with Crippen molar-refractivity contribution >= 4 is 23.4 Å². The van der Waals surface area contributed by atoms with Crippen LogP contribution in [0.3, 0.4) is 0 Å².